The van der Waals surface area contributed by atoms with E-state index in [2.05, 4.69) is 26.7 Å². The van der Waals surface area contributed by atoms with Crippen molar-refractivity contribution in [2.75, 3.05) is 32.9 Å². The molecule has 0 spiro atoms. The number of rotatable bonds is 6. The molecule has 21 heavy (non-hydrogen) atoms. The first-order chi connectivity index (χ1) is 10.1. The fourth-order valence-corrected chi connectivity index (χ4v) is 3.28. The molecule has 7 heteroatoms. The summed E-state index contributed by atoms with van der Waals surface area (Å²) in [5.74, 6) is 1.93. The summed E-state index contributed by atoms with van der Waals surface area (Å²) >= 11 is 1.44. The lowest BCUT2D eigenvalue weighted by Crippen LogP contribution is -2.28. The topological polar surface area (TPSA) is 63.1 Å². The normalized spacial score (nSPS) is 15.9. The average molecular weight is 309 g/mol. The monoisotopic (exact) mass is 309 g/mol. The highest BCUT2D eigenvalue weighted by Crippen LogP contribution is 2.27. The molecule has 0 radical (unpaired) electrons. The molecule has 1 aromatic heterocycles. The van der Waals surface area contributed by atoms with Crippen molar-refractivity contribution in [3.05, 3.63) is 18.5 Å². The zero-order valence-electron chi connectivity index (χ0n) is 12.7. The molecule has 0 aliphatic carbocycles. The number of carbonyl (C=O) groups is 1. The van der Waals surface area contributed by atoms with Crippen molar-refractivity contribution in [3.8, 4) is 0 Å². The smallest absolute Gasteiger partial charge is 0.232 e. The van der Waals surface area contributed by atoms with Gasteiger partial charge in [0.2, 0.25) is 5.91 Å². The molecule has 1 aliphatic rings. The molecule has 2 heterocycles. The van der Waals surface area contributed by atoms with E-state index in [4.69, 9.17) is 0 Å². The van der Waals surface area contributed by atoms with Crippen LogP contribution in [0.3, 0.4) is 0 Å². The third-order valence-electron chi connectivity index (χ3n) is 3.58. The van der Waals surface area contributed by atoms with Crippen LogP contribution in [0.1, 0.15) is 24.6 Å². The van der Waals surface area contributed by atoms with E-state index in [9.17, 15) is 4.79 Å². The molecule has 0 aromatic carbocycles. The molecule has 1 aliphatic heterocycles. The fourth-order valence-electron chi connectivity index (χ4n) is 2.35. The van der Waals surface area contributed by atoms with Crippen molar-refractivity contribution in [2.45, 2.75) is 30.5 Å². The van der Waals surface area contributed by atoms with Gasteiger partial charge in [-0.05, 0) is 25.9 Å². The van der Waals surface area contributed by atoms with Crippen molar-refractivity contribution in [1.29, 1.82) is 0 Å². The lowest BCUT2D eigenvalue weighted by Gasteiger charge is -2.22. The summed E-state index contributed by atoms with van der Waals surface area (Å²) in [6, 6.07) is 0. The van der Waals surface area contributed by atoms with Gasteiger partial charge in [0, 0.05) is 26.6 Å². The third-order valence-corrected chi connectivity index (χ3v) is 4.54. The molecule has 0 bridgehead atoms. The summed E-state index contributed by atoms with van der Waals surface area (Å²) in [6.45, 7) is 6.54. The fraction of sp³-hybridized carbons (Fsp3) is 0.643. The Kier molecular flexibility index (Phi) is 5.81. The first kappa shape index (κ1) is 16.0. The Morgan fingerprint density at radius 1 is 1.48 bits per heavy atom. The molecule has 1 amide bonds. The molecule has 1 aromatic rings. The van der Waals surface area contributed by atoms with E-state index < -0.39 is 0 Å². The molecule has 0 atom stereocenters. The van der Waals surface area contributed by atoms with E-state index >= 15 is 0 Å². The van der Waals surface area contributed by atoms with E-state index in [0.29, 0.717) is 18.2 Å². The summed E-state index contributed by atoms with van der Waals surface area (Å²) in [5, 5.41) is 12.8. The predicted octanol–water partition coefficient (Wildman–Crippen LogP) is 1.11. The van der Waals surface area contributed by atoms with E-state index in [0.717, 1.165) is 36.9 Å². The Hall–Kier alpha value is -1.34. The maximum absolute atomic E-state index is 11.7. The Labute approximate surface area is 130 Å². The van der Waals surface area contributed by atoms with Crippen molar-refractivity contribution in [1.82, 2.24) is 25.0 Å². The number of hydrogen-bond acceptors (Lipinski definition) is 5. The van der Waals surface area contributed by atoms with Crippen molar-refractivity contribution < 1.29 is 4.79 Å². The van der Waals surface area contributed by atoms with E-state index in [1.165, 1.54) is 11.8 Å². The Morgan fingerprint density at radius 3 is 2.81 bits per heavy atom. The number of piperidine rings is 1. The maximum atomic E-state index is 11.7. The summed E-state index contributed by atoms with van der Waals surface area (Å²) < 4.78 is 2.09. The summed E-state index contributed by atoms with van der Waals surface area (Å²) in [5.41, 5.74) is 0. The van der Waals surface area contributed by atoms with Gasteiger partial charge in [-0.2, -0.15) is 0 Å². The summed E-state index contributed by atoms with van der Waals surface area (Å²) in [4.78, 5) is 13.3. The van der Waals surface area contributed by atoms with Gasteiger partial charge in [0.05, 0.1) is 5.75 Å². The highest BCUT2D eigenvalue weighted by molar-refractivity contribution is 7.99. The third kappa shape index (κ3) is 4.07. The Morgan fingerprint density at radius 2 is 2.19 bits per heavy atom. The zero-order chi connectivity index (χ0) is 15.2. The minimum atomic E-state index is 0.0802. The van der Waals surface area contributed by atoms with Crippen molar-refractivity contribution >= 4 is 17.7 Å². The van der Waals surface area contributed by atoms with Gasteiger partial charge in [-0.15, -0.1) is 16.8 Å². The molecule has 0 unspecified atom stereocenters. The molecule has 6 nitrogen and oxygen atoms in total. The number of amides is 1. The van der Waals surface area contributed by atoms with Crippen LogP contribution in [0.5, 0.6) is 0 Å². The van der Waals surface area contributed by atoms with Crippen LogP contribution >= 0.6 is 11.8 Å². The van der Waals surface area contributed by atoms with Gasteiger partial charge >= 0.3 is 0 Å². The minimum absolute atomic E-state index is 0.0802. The van der Waals surface area contributed by atoms with Crippen LogP contribution < -0.4 is 5.32 Å². The van der Waals surface area contributed by atoms with Crippen molar-refractivity contribution in [2.24, 2.45) is 0 Å². The quantitative estimate of drug-likeness (QED) is 0.630. The summed E-state index contributed by atoms with van der Waals surface area (Å²) in [7, 11) is 3.52. The molecule has 1 saturated heterocycles. The Balaban J connectivity index is 2.11. The molecular weight excluding hydrogens is 286 g/mol. The molecule has 1 N–H and O–H groups in total. The van der Waals surface area contributed by atoms with Gasteiger partial charge < -0.3 is 14.8 Å². The van der Waals surface area contributed by atoms with Crippen LogP contribution in [-0.2, 0) is 11.3 Å². The minimum Gasteiger partial charge on any atom is -0.348 e. The van der Waals surface area contributed by atoms with E-state index in [1.807, 2.05) is 6.08 Å². The van der Waals surface area contributed by atoms with Crippen LogP contribution in [0.15, 0.2) is 17.8 Å². The highest BCUT2D eigenvalue weighted by atomic mass is 32.2. The number of thioether (sulfide) groups is 1. The van der Waals surface area contributed by atoms with Crippen LogP contribution in [0.4, 0.5) is 0 Å². The van der Waals surface area contributed by atoms with E-state index in [1.54, 1.807) is 19.0 Å². The van der Waals surface area contributed by atoms with Crippen LogP contribution in [0.2, 0.25) is 0 Å². The second-order valence-electron chi connectivity index (χ2n) is 5.34. The number of hydrogen-bond donors (Lipinski definition) is 1. The first-order valence-electron chi connectivity index (χ1n) is 7.21. The number of allylic oxidation sites excluding steroid dienone is 1. The standard InChI is InChI=1S/C14H23N5OS/c1-4-9-19-13(11-5-7-15-8-6-11)16-17-14(19)21-10-12(20)18(2)3/h4,11,15H,1,5-10H2,2-3H3. The predicted molar refractivity (Wildman–Crippen MR) is 84.5 cm³/mol. The van der Waals surface area contributed by atoms with Crippen LogP contribution in [-0.4, -0.2) is 58.5 Å². The van der Waals surface area contributed by atoms with Gasteiger partial charge in [-0.25, -0.2) is 0 Å². The van der Waals surface area contributed by atoms with Gasteiger partial charge in [0.1, 0.15) is 5.82 Å². The van der Waals surface area contributed by atoms with Crippen LogP contribution in [0.25, 0.3) is 0 Å². The number of aromatic nitrogens is 3. The molecule has 0 saturated carbocycles. The molecular formula is C14H23N5OS. The molecule has 2 rings (SSSR count). The lowest BCUT2D eigenvalue weighted by molar-refractivity contribution is -0.125. The van der Waals surface area contributed by atoms with Gasteiger partial charge in [0.25, 0.3) is 0 Å². The number of nitrogens with one attached hydrogen (secondary N) is 1. The molecule has 116 valence electrons. The first-order valence-corrected chi connectivity index (χ1v) is 8.19. The second kappa shape index (κ2) is 7.61. The lowest BCUT2D eigenvalue weighted by atomic mass is 9.97. The van der Waals surface area contributed by atoms with Crippen LogP contribution in [0, 0.1) is 0 Å². The highest BCUT2D eigenvalue weighted by Gasteiger charge is 2.23. The maximum Gasteiger partial charge on any atom is 0.232 e. The second-order valence-corrected chi connectivity index (χ2v) is 6.28. The van der Waals surface area contributed by atoms with Gasteiger partial charge in [-0.1, -0.05) is 17.8 Å². The Bertz CT molecular complexity index is 494. The number of nitrogens with zero attached hydrogens (tertiary/aromatic N) is 4. The number of carbonyl (C=O) groups excluding carboxylic acids is 1. The largest absolute Gasteiger partial charge is 0.348 e. The van der Waals surface area contributed by atoms with Gasteiger partial charge in [-0.3, -0.25) is 4.79 Å². The van der Waals surface area contributed by atoms with Gasteiger partial charge in [0.15, 0.2) is 5.16 Å². The molecule has 1 fully saturated rings. The zero-order valence-corrected chi connectivity index (χ0v) is 13.5. The SMILES string of the molecule is C=CCn1c(SCC(=O)N(C)C)nnc1C1CCNCC1. The summed E-state index contributed by atoms with van der Waals surface area (Å²) in [6.07, 6.45) is 4.01. The van der Waals surface area contributed by atoms with Crippen molar-refractivity contribution in [3.63, 3.8) is 0 Å². The average Bonchev–Trinajstić information content (AvgIpc) is 2.89. The van der Waals surface area contributed by atoms with E-state index in [-0.39, 0.29) is 5.91 Å².